The Kier molecular flexibility index (Phi) is 4.17. The molecule has 86 valence electrons. The van der Waals surface area contributed by atoms with Gasteiger partial charge < -0.3 is 4.90 Å². The summed E-state index contributed by atoms with van der Waals surface area (Å²) in [6, 6.07) is 0. The first-order valence-electron chi connectivity index (χ1n) is 4.85. The summed E-state index contributed by atoms with van der Waals surface area (Å²) in [7, 11) is 1.16. The lowest BCUT2D eigenvalue weighted by molar-refractivity contribution is 0.213. The highest BCUT2D eigenvalue weighted by molar-refractivity contribution is 8.20. The normalized spacial score (nSPS) is 23.0. The minimum absolute atomic E-state index is 0.656. The van der Waals surface area contributed by atoms with Crippen molar-refractivity contribution in [2.24, 2.45) is 11.1 Å². The average Bonchev–Trinajstić information content (AvgIpc) is 2.02. The summed E-state index contributed by atoms with van der Waals surface area (Å²) in [4.78, 5) is 2.17. The van der Waals surface area contributed by atoms with Gasteiger partial charge in [0.1, 0.15) is 0 Å². The highest BCUT2D eigenvalue weighted by Gasteiger charge is 2.25. The third-order valence-electron chi connectivity index (χ3n) is 2.58. The molecule has 0 aromatic heterocycles. The van der Waals surface area contributed by atoms with E-state index in [1.54, 1.807) is 4.31 Å². The molecule has 0 aromatic carbocycles. The van der Waals surface area contributed by atoms with Crippen molar-refractivity contribution in [3.8, 4) is 0 Å². The predicted molar refractivity (Wildman–Crippen MR) is 59.9 cm³/mol. The predicted octanol–water partition coefficient (Wildman–Crippen LogP) is 0.799. The molecular weight excluding hydrogens is 202 g/mol. The maximum absolute atomic E-state index is 9.24. The Hall–Kier alpha value is 0.150. The van der Waals surface area contributed by atoms with Crippen LogP contribution in [0.25, 0.3) is 0 Å². The van der Waals surface area contributed by atoms with Crippen molar-refractivity contribution in [1.29, 1.82) is 0 Å². The maximum atomic E-state index is 9.24. The van der Waals surface area contributed by atoms with Gasteiger partial charge in [-0.2, -0.15) is 4.31 Å². The smallest absolute Gasteiger partial charge is 0.0194 e. The zero-order valence-electron chi connectivity index (χ0n) is 8.89. The van der Waals surface area contributed by atoms with Gasteiger partial charge in [0.25, 0.3) is 0 Å². The fourth-order valence-corrected chi connectivity index (χ4v) is 2.63. The first kappa shape index (κ1) is 12.2. The van der Waals surface area contributed by atoms with Crippen molar-refractivity contribution in [3.63, 3.8) is 0 Å². The molecule has 0 radical (unpaired) electrons. The van der Waals surface area contributed by atoms with E-state index in [-0.39, 0.29) is 0 Å². The SMILES string of the molecule is CN(C)CC1CCN(S(N)(O)O)CC1. The van der Waals surface area contributed by atoms with Crippen molar-refractivity contribution < 1.29 is 9.11 Å². The minimum atomic E-state index is -2.96. The van der Waals surface area contributed by atoms with Gasteiger partial charge in [-0.25, -0.2) is 5.14 Å². The monoisotopic (exact) mass is 223 g/mol. The van der Waals surface area contributed by atoms with E-state index in [1.807, 2.05) is 0 Å². The number of hydrogen-bond acceptors (Lipinski definition) is 5. The van der Waals surface area contributed by atoms with Gasteiger partial charge in [-0.3, -0.25) is 9.11 Å². The van der Waals surface area contributed by atoms with Gasteiger partial charge in [-0.05, 0) is 32.9 Å². The van der Waals surface area contributed by atoms with E-state index in [1.165, 1.54) is 0 Å². The van der Waals surface area contributed by atoms with Gasteiger partial charge in [0.05, 0.1) is 0 Å². The first-order valence-corrected chi connectivity index (χ1v) is 6.42. The van der Waals surface area contributed by atoms with Crippen LogP contribution in [0.2, 0.25) is 0 Å². The molecule has 0 unspecified atom stereocenters. The maximum Gasteiger partial charge on any atom is 0.0194 e. The summed E-state index contributed by atoms with van der Waals surface area (Å²) < 4.78 is 20.1. The second-order valence-electron chi connectivity index (χ2n) is 4.20. The molecule has 6 heteroatoms. The summed E-state index contributed by atoms with van der Waals surface area (Å²) in [5.74, 6) is 0.656. The van der Waals surface area contributed by atoms with Crippen LogP contribution in [0.1, 0.15) is 12.8 Å². The zero-order valence-corrected chi connectivity index (χ0v) is 9.70. The van der Waals surface area contributed by atoms with Gasteiger partial charge >= 0.3 is 0 Å². The molecule has 1 fully saturated rings. The van der Waals surface area contributed by atoms with Gasteiger partial charge in [0.2, 0.25) is 0 Å². The molecule has 0 aliphatic carbocycles. The van der Waals surface area contributed by atoms with E-state index >= 15 is 0 Å². The summed E-state index contributed by atoms with van der Waals surface area (Å²) in [6.07, 6.45) is 1.98. The van der Waals surface area contributed by atoms with Gasteiger partial charge in [-0.15, -0.1) is 0 Å². The summed E-state index contributed by atoms with van der Waals surface area (Å²) >= 11 is 0. The Labute approximate surface area is 87.5 Å². The molecule has 0 aromatic rings. The third-order valence-corrected chi connectivity index (χ3v) is 3.70. The lowest BCUT2D eigenvalue weighted by atomic mass is 9.98. The van der Waals surface area contributed by atoms with Crippen LogP contribution in [0.3, 0.4) is 0 Å². The first-order chi connectivity index (χ1) is 6.39. The van der Waals surface area contributed by atoms with Crippen LogP contribution >= 0.6 is 11.0 Å². The number of rotatable bonds is 3. The van der Waals surface area contributed by atoms with Crippen molar-refractivity contribution in [2.75, 3.05) is 33.7 Å². The van der Waals surface area contributed by atoms with Gasteiger partial charge in [0.15, 0.2) is 0 Å². The van der Waals surface area contributed by atoms with Crippen LogP contribution < -0.4 is 5.14 Å². The molecule has 0 bridgehead atoms. The molecule has 0 amide bonds. The third kappa shape index (κ3) is 3.72. The van der Waals surface area contributed by atoms with E-state index in [0.717, 1.165) is 19.4 Å². The van der Waals surface area contributed by atoms with Crippen molar-refractivity contribution in [1.82, 2.24) is 9.21 Å². The molecule has 1 heterocycles. The lowest BCUT2D eigenvalue weighted by Gasteiger charge is -2.43. The second kappa shape index (κ2) is 4.78. The summed E-state index contributed by atoms with van der Waals surface area (Å²) in [5.41, 5.74) is 0. The van der Waals surface area contributed by atoms with E-state index < -0.39 is 11.0 Å². The summed E-state index contributed by atoms with van der Waals surface area (Å²) in [5, 5.41) is 5.27. The Balaban J connectivity index is 2.31. The van der Waals surface area contributed by atoms with Crippen molar-refractivity contribution >= 4 is 11.0 Å². The van der Waals surface area contributed by atoms with Gasteiger partial charge in [-0.1, -0.05) is 11.0 Å². The molecule has 1 rings (SSSR count). The van der Waals surface area contributed by atoms with E-state index in [4.69, 9.17) is 5.14 Å². The fraction of sp³-hybridized carbons (Fsp3) is 1.00. The van der Waals surface area contributed by atoms with Crippen molar-refractivity contribution in [3.05, 3.63) is 0 Å². The highest BCUT2D eigenvalue weighted by atomic mass is 32.3. The highest BCUT2D eigenvalue weighted by Crippen LogP contribution is 2.37. The molecule has 0 spiro atoms. The van der Waals surface area contributed by atoms with Crippen LogP contribution in [0.4, 0.5) is 0 Å². The Morgan fingerprint density at radius 3 is 2.21 bits per heavy atom. The number of hydrogen-bond donors (Lipinski definition) is 3. The molecule has 0 atom stereocenters. The van der Waals surface area contributed by atoms with Crippen LogP contribution in [0.15, 0.2) is 0 Å². The van der Waals surface area contributed by atoms with E-state index in [0.29, 0.717) is 19.0 Å². The van der Waals surface area contributed by atoms with E-state index in [9.17, 15) is 9.11 Å². The summed E-state index contributed by atoms with van der Waals surface area (Å²) in [6.45, 7) is 2.45. The number of piperidine rings is 1. The molecule has 1 saturated heterocycles. The Bertz CT molecular complexity index is 176. The van der Waals surface area contributed by atoms with Crippen LogP contribution in [0.5, 0.6) is 0 Å². The van der Waals surface area contributed by atoms with Crippen LogP contribution in [-0.2, 0) is 0 Å². The van der Waals surface area contributed by atoms with Crippen LogP contribution in [0, 0.1) is 5.92 Å². The van der Waals surface area contributed by atoms with E-state index in [2.05, 4.69) is 19.0 Å². The van der Waals surface area contributed by atoms with Crippen molar-refractivity contribution in [2.45, 2.75) is 12.8 Å². The lowest BCUT2D eigenvalue weighted by Crippen LogP contribution is -2.40. The van der Waals surface area contributed by atoms with Gasteiger partial charge in [0, 0.05) is 19.6 Å². The standard InChI is InChI=1S/C8H21N3O2S/c1-10(2)7-8-3-5-11(6-4-8)14(9,12)13/h8,12-13H,3-7,9H2,1-2H3. The molecule has 14 heavy (non-hydrogen) atoms. The molecule has 5 nitrogen and oxygen atoms in total. The minimum Gasteiger partial charge on any atom is -0.309 e. The number of nitrogens with zero attached hydrogens (tertiary/aromatic N) is 2. The molecule has 0 saturated carbocycles. The second-order valence-corrected chi connectivity index (χ2v) is 5.83. The quantitative estimate of drug-likeness (QED) is 0.660. The topological polar surface area (TPSA) is 73.0 Å². The Morgan fingerprint density at radius 2 is 1.86 bits per heavy atom. The molecule has 4 N–H and O–H groups in total. The zero-order chi connectivity index (χ0) is 10.8. The molecular formula is C8H21N3O2S. The Morgan fingerprint density at radius 1 is 1.36 bits per heavy atom. The average molecular weight is 223 g/mol. The number of nitrogens with two attached hydrogens (primary N) is 1. The molecule has 1 aliphatic rings. The molecule has 1 aliphatic heterocycles. The van der Waals surface area contributed by atoms with Crippen LogP contribution in [-0.4, -0.2) is 52.0 Å². The largest absolute Gasteiger partial charge is 0.309 e. The fourth-order valence-electron chi connectivity index (χ4n) is 1.88.